The van der Waals surface area contributed by atoms with Crippen molar-refractivity contribution in [1.82, 2.24) is 0 Å². The van der Waals surface area contributed by atoms with Crippen LogP contribution in [0.1, 0.15) is 6.92 Å². The lowest BCUT2D eigenvalue weighted by atomic mass is 10.3. The number of esters is 1. The number of hydrogen-bond acceptors (Lipinski definition) is 3. The first-order valence-corrected chi connectivity index (χ1v) is 3.93. The van der Waals surface area contributed by atoms with E-state index >= 15 is 0 Å². The highest BCUT2D eigenvalue weighted by Crippen LogP contribution is 2.20. The molecule has 0 aliphatic heterocycles. The number of hydrogen-bond donors (Lipinski definition) is 1. The van der Waals surface area contributed by atoms with Crippen molar-refractivity contribution < 1.29 is 14.6 Å². The molecule has 0 saturated heterocycles. The highest BCUT2D eigenvalue weighted by atomic mass is 35.5. The van der Waals surface area contributed by atoms with E-state index in [0.29, 0.717) is 5.02 Å². The average Bonchev–Trinajstić information content (AvgIpc) is 2.11. The van der Waals surface area contributed by atoms with Gasteiger partial charge in [0.05, 0.1) is 12.1 Å². The quantitative estimate of drug-likeness (QED) is 0.657. The third-order valence-electron chi connectivity index (χ3n) is 1.14. The van der Waals surface area contributed by atoms with Crippen LogP contribution in [0.5, 0.6) is 5.75 Å². The standard InChI is InChI=1S/C6H5ClO.C3H6O2/c7-5-3-1-2-4-6(5)8;1-3(4)5-2/h1-4,8H;1-2H3. The van der Waals surface area contributed by atoms with Crippen LogP contribution in [0.4, 0.5) is 0 Å². The van der Waals surface area contributed by atoms with Crippen molar-refractivity contribution in [1.29, 1.82) is 0 Å². The molecular weight excluding hydrogens is 192 g/mol. The summed E-state index contributed by atoms with van der Waals surface area (Å²) in [4.78, 5) is 9.59. The monoisotopic (exact) mass is 202 g/mol. The Morgan fingerprint density at radius 3 is 2.15 bits per heavy atom. The maximum Gasteiger partial charge on any atom is 0.302 e. The van der Waals surface area contributed by atoms with E-state index in [1.54, 1.807) is 24.3 Å². The van der Waals surface area contributed by atoms with Gasteiger partial charge in [0.15, 0.2) is 0 Å². The third kappa shape index (κ3) is 5.99. The van der Waals surface area contributed by atoms with Crippen molar-refractivity contribution in [2.24, 2.45) is 0 Å². The van der Waals surface area contributed by atoms with Crippen LogP contribution in [-0.2, 0) is 9.53 Å². The normalized spacial score (nSPS) is 8.23. The Balaban J connectivity index is 0.000000252. The molecule has 0 saturated carbocycles. The molecular formula is C9H11ClO3. The Morgan fingerprint density at radius 1 is 1.46 bits per heavy atom. The fourth-order valence-electron chi connectivity index (χ4n) is 0.452. The summed E-state index contributed by atoms with van der Waals surface area (Å²) in [5, 5.41) is 9.18. The number of methoxy groups -OCH3 is 1. The Morgan fingerprint density at radius 2 is 1.92 bits per heavy atom. The molecule has 0 radical (unpaired) electrons. The van der Waals surface area contributed by atoms with Crippen molar-refractivity contribution in [2.45, 2.75) is 6.92 Å². The van der Waals surface area contributed by atoms with Gasteiger partial charge in [0, 0.05) is 6.92 Å². The second-order valence-electron chi connectivity index (χ2n) is 2.15. The van der Waals surface area contributed by atoms with E-state index in [0.717, 1.165) is 0 Å². The second-order valence-corrected chi connectivity index (χ2v) is 2.55. The number of benzene rings is 1. The van der Waals surface area contributed by atoms with Crippen LogP contribution < -0.4 is 0 Å². The lowest BCUT2D eigenvalue weighted by Gasteiger charge is -1.89. The van der Waals surface area contributed by atoms with Gasteiger partial charge in [0.2, 0.25) is 0 Å². The van der Waals surface area contributed by atoms with Gasteiger partial charge in [0.25, 0.3) is 0 Å². The number of halogens is 1. The highest BCUT2D eigenvalue weighted by Gasteiger charge is 1.89. The largest absolute Gasteiger partial charge is 0.506 e. The molecule has 0 unspecified atom stereocenters. The molecule has 0 aliphatic rings. The zero-order chi connectivity index (χ0) is 10.3. The van der Waals surface area contributed by atoms with Gasteiger partial charge in [-0.25, -0.2) is 0 Å². The molecule has 0 aliphatic carbocycles. The summed E-state index contributed by atoms with van der Waals surface area (Å²) in [5.41, 5.74) is 0. The molecule has 0 heterocycles. The van der Waals surface area contributed by atoms with E-state index in [2.05, 4.69) is 4.74 Å². The van der Waals surface area contributed by atoms with E-state index in [-0.39, 0.29) is 11.7 Å². The summed E-state index contributed by atoms with van der Waals surface area (Å²) in [5.74, 6) is -0.112. The Hall–Kier alpha value is -1.22. The van der Waals surface area contributed by atoms with Gasteiger partial charge in [-0.05, 0) is 12.1 Å². The van der Waals surface area contributed by atoms with Crippen molar-refractivity contribution in [3.05, 3.63) is 29.3 Å². The zero-order valence-corrected chi connectivity index (χ0v) is 8.21. The number of phenols is 1. The van der Waals surface area contributed by atoms with Crippen LogP contribution in [0.3, 0.4) is 0 Å². The van der Waals surface area contributed by atoms with Gasteiger partial charge in [-0.1, -0.05) is 23.7 Å². The summed E-state index contributed by atoms with van der Waals surface area (Å²) in [6.07, 6.45) is 0. The van der Waals surface area contributed by atoms with Gasteiger partial charge in [-0.15, -0.1) is 0 Å². The topological polar surface area (TPSA) is 46.5 Å². The van der Waals surface area contributed by atoms with Crippen LogP contribution >= 0.6 is 11.6 Å². The molecule has 0 aromatic heterocycles. The predicted molar refractivity (Wildman–Crippen MR) is 50.8 cm³/mol. The first-order chi connectivity index (χ1) is 6.07. The van der Waals surface area contributed by atoms with Gasteiger partial charge in [-0.3, -0.25) is 4.79 Å². The number of ether oxygens (including phenoxy) is 1. The molecule has 0 bridgehead atoms. The number of carbonyl (C=O) groups is 1. The third-order valence-corrected chi connectivity index (χ3v) is 1.46. The fourth-order valence-corrected chi connectivity index (χ4v) is 0.587. The molecule has 0 amide bonds. The smallest absolute Gasteiger partial charge is 0.302 e. The molecule has 4 heteroatoms. The van der Waals surface area contributed by atoms with Crippen molar-refractivity contribution in [2.75, 3.05) is 7.11 Å². The number of aromatic hydroxyl groups is 1. The molecule has 1 aromatic rings. The van der Waals surface area contributed by atoms with E-state index < -0.39 is 0 Å². The van der Waals surface area contributed by atoms with Crippen molar-refractivity contribution >= 4 is 17.6 Å². The second kappa shape index (κ2) is 6.31. The lowest BCUT2D eigenvalue weighted by molar-refractivity contribution is -0.137. The van der Waals surface area contributed by atoms with Gasteiger partial charge >= 0.3 is 5.97 Å². The molecule has 13 heavy (non-hydrogen) atoms. The molecule has 1 rings (SSSR count). The minimum Gasteiger partial charge on any atom is -0.506 e. The summed E-state index contributed by atoms with van der Waals surface area (Å²) < 4.78 is 4.11. The Labute approximate surface area is 81.9 Å². The predicted octanol–water partition coefficient (Wildman–Crippen LogP) is 2.22. The number of rotatable bonds is 0. The first kappa shape index (κ1) is 11.8. The van der Waals surface area contributed by atoms with Crippen molar-refractivity contribution in [3.8, 4) is 5.75 Å². The van der Waals surface area contributed by atoms with E-state index in [9.17, 15) is 4.79 Å². The highest BCUT2D eigenvalue weighted by molar-refractivity contribution is 6.31. The molecule has 0 atom stereocenters. The van der Waals surface area contributed by atoms with E-state index in [4.69, 9.17) is 16.7 Å². The van der Waals surface area contributed by atoms with E-state index in [1.165, 1.54) is 14.0 Å². The maximum absolute atomic E-state index is 9.59. The summed E-state index contributed by atoms with van der Waals surface area (Å²) in [6.45, 7) is 1.36. The van der Waals surface area contributed by atoms with Crippen LogP contribution in [0.25, 0.3) is 0 Å². The number of phenolic OH excluding ortho intramolecular Hbond substituents is 1. The van der Waals surface area contributed by atoms with Gasteiger partial charge in [0.1, 0.15) is 5.75 Å². The van der Waals surface area contributed by atoms with Crippen molar-refractivity contribution in [3.63, 3.8) is 0 Å². The van der Waals surface area contributed by atoms with Crippen LogP contribution in [0.2, 0.25) is 5.02 Å². The lowest BCUT2D eigenvalue weighted by Crippen LogP contribution is -1.88. The van der Waals surface area contributed by atoms with Crippen LogP contribution in [0.15, 0.2) is 24.3 Å². The van der Waals surface area contributed by atoms with Crippen LogP contribution in [-0.4, -0.2) is 18.2 Å². The molecule has 1 N–H and O–H groups in total. The Bertz CT molecular complexity index is 252. The zero-order valence-electron chi connectivity index (χ0n) is 7.45. The minimum atomic E-state index is -0.245. The number of para-hydroxylation sites is 1. The minimum absolute atomic E-state index is 0.133. The molecule has 72 valence electrons. The Kier molecular flexibility index (Phi) is 5.72. The fraction of sp³-hybridized carbons (Fsp3) is 0.222. The van der Waals surface area contributed by atoms with Gasteiger partial charge < -0.3 is 9.84 Å². The first-order valence-electron chi connectivity index (χ1n) is 3.56. The molecule has 1 aromatic carbocycles. The summed E-state index contributed by atoms with van der Waals surface area (Å²) in [7, 11) is 1.35. The summed E-state index contributed by atoms with van der Waals surface area (Å²) >= 11 is 5.46. The molecule has 3 nitrogen and oxygen atoms in total. The SMILES string of the molecule is COC(C)=O.Oc1ccccc1Cl. The van der Waals surface area contributed by atoms with Crippen LogP contribution in [0, 0.1) is 0 Å². The van der Waals surface area contributed by atoms with E-state index in [1.807, 2.05) is 0 Å². The molecule has 0 spiro atoms. The van der Waals surface area contributed by atoms with Gasteiger partial charge in [-0.2, -0.15) is 0 Å². The average molecular weight is 203 g/mol. The molecule has 0 fully saturated rings. The maximum atomic E-state index is 9.59. The summed E-state index contributed by atoms with van der Waals surface area (Å²) in [6, 6.07) is 6.67. The number of carbonyl (C=O) groups excluding carboxylic acids is 1.